The lowest BCUT2D eigenvalue weighted by Crippen LogP contribution is -2.22. The summed E-state index contributed by atoms with van der Waals surface area (Å²) in [5, 5.41) is 12.4. The first-order valence-corrected chi connectivity index (χ1v) is 6.90. The number of aryl methyl sites for hydroxylation is 1. The van der Waals surface area contributed by atoms with Crippen LogP contribution in [0.15, 0.2) is 30.5 Å². The number of aliphatic hydroxyl groups is 1. The van der Waals surface area contributed by atoms with Crippen molar-refractivity contribution < 1.29 is 9.90 Å². The Hall–Kier alpha value is -2.16. The third-order valence-electron chi connectivity index (χ3n) is 2.51. The molecule has 102 valence electrons. The van der Waals surface area contributed by atoms with Gasteiger partial charge in [0.2, 0.25) is 0 Å². The molecular weight excluding hydrogens is 272 g/mol. The number of hydrogen-bond acceptors (Lipinski definition) is 4. The van der Waals surface area contributed by atoms with Crippen LogP contribution in [0.1, 0.15) is 25.8 Å². The van der Waals surface area contributed by atoms with Gasteiger partial charge in [0.1, 0.15) is 11.6 Å². The zero-order chi connectivity index (χ0) is 14.4. The summed E-state index contributed by atoms with van der Waals surface area (Å²) in [6.45, 7) is 2.20. The fourth-order valence-corrected chi connectivity index (χ4v) is 2.35. The molecule has 0 bridgehead atoms. The Kier molecular flexibility index (Phi) is 4.88. The SMILES string of the molecule is Cc1cnc(CNC(=O)c2cccc(C#CCO)c2)s1. The largest absolute Gasteiger partial charge is 0.384 e. The second-order valence-electron chi connectivity index (χ2n) is 4.09. The van der Waals surface area contributed by atoms with Crippen molar-refractivity contribution in [1.82, 2.24) is 10.3 Å². The van der Waals surface area contributed by atoms with Crippen LogP contribution in [0.2, 0.25) is 0 Å². The van der Waals surface area contributed by atoms with Crippen LogP contribution in [0.25, 0.3) is 0 Å². The van der Waals surface area contributed by atoms with E-state index in [1.54, 1.807) is 41.8 Å². The minimum absolute atomic E-state index is 0.162. The Morgan fingerprint density at radius 2 is 2.35 bits per heavy atom. The summed E-state index contributed by atoms with van der Waals surface area (Å²) in [6.07, 6.45) is 1.79. The average Bonchev–Trinajstić information content (AvgIpc) is 2.88. The average molecular weight is 286 g/mol. The fourth-order valence-electron chi connectivity index (χ4n) is 1.62. The minimum atomic E-state index is -0.195. The lowest BCUT2D eigenvalue weighted by molar-refractivity contribution is 0.0951. The van der Waals surface area contributed by atoms with Crippen molar-refractivity contribution in [2.45, 2.75) is 13.5 Å². The number of aromatic nitrogens is 1. The van der Waals surface area contributed by atoms with E-state index < -0.39 is 0 Å². The van der Waals surface area contributed by atoms with Crippen LogP contribution in [0.3, 0.4) is 0 Å². The van der Waals surface area contributed by atoms with E-state index in [2.05, 4.69) is 22.1 Å². The molecule has 0 saturated heterocycles. The van der Waals surface area contributed by atoms with Gasteiger partial charge in [-0.25, -0.2) is 4.98 Å². The first-order valence-electron chi connectivity index (χ1n) is 6.08. The molecule has 2 N–H and O–H groups in total. The Labute approximate surface area is 121 Å². The number of aliphatic hydroxyl groups excluding tert-OH is 1. The molecule has 1 aromatic heterocycles. The summed E-state index contributed by atoms with van der Waals surface area (Å²) in [5.74, 6) is 5.17. The molecule has 0 unspecified atom stereocenters. The van der Waals surface area contributed by atoms with E-state index in [9.17, 15) is 4.79 Å². The highest BCUT2D eigenvalue weighted by Crippen LogP contribution is 2.11. The number of carbonyl (C=O) groups excluding carboxylic acids is 1. The van der Waals surface area contributed by atoms with E-state index in [0.717, 1.165) is 9.88 Å². The van der Waals surface area contributed by atoms with Gasteiger partial charge in [-0.15, -0.1) is 11.3 Å². The molecule has 2 aromatic rings. The molecular formula is C15H14N2O2S. The van der Waals surface area contributed by atoms with E-state index >= 15 is 0 Å². The number of rotatable bonds is 3. The van der Waals surface area contributed by atoms with E-state index in [4.69, 9.17) is 5.11 Å². The van der Waals surface area contributed by atoms with E-state index in [1.165, 1.54) is 0 Å². The van der Waals surface area contributed by atoms with Gasteiger partial charge in [-0.05, 0) is 25.1 Å². The lowest BCUT2D eigenvalue weighted by Gasteiger charge is -2.03. The van der Waals surface area contributed by atoms with Crippen molar-refractivity contribution in [2.24, 2.45) is 0 Å². The van der Waals surface area contributed by atoms with Crippen LogP contribution >= 0.6 is 11.3 Å². The molecule has 0 aliphatic heterocycles. The molecule has 1 amide bonds. The predicted molar refractivity (Wildman–Crippen MR) is 78.4 cm³/mol. The van der Waals surface area contributed by atoms with Gasteiger partial charge in [0, 0.05) is 22.2 Å². The van der Waals surface area contributed by atoms with Gasteiger partial charge in [-0.1, -0.05) is 17.9 Å². The molecule has 0 fully saturated rings. The second kappa shape index (κ2) is 6.85. The van der Waals surface area contributed by atoms with Crippen LogP contribution in [0.4, 0.5) is 0 Å². The number of hydrogen-bond donors (Lipinski definition) is 2. The summed E-state index contributed by atoms with van der Waals surface area (Å²) >= 11 is 1.56. The summed E-state index contributed by atoms with van der Waals surface area (Å²) in [5.41, 5.74) is 1.25. The third kappa shape index (κ3) is 3.92. The van der Waals surface area contributed by atoms with Gasteiger partial charge in [0.15, 0.2) is 0 Å². The van der Waals surface area contributed by atoms with Gasteiger partial charge in [-0.2, -0.15) is 0 Å². The van der Waals surface area contributed by atoms with Gasteiger partial charge in [-0.3, -0.25) is 4.79 Å². The van der Waals surface area contributed by atoms with Crippen LogP contribution in [0, 0.1) is 18.8 Å². The smallest absolute Gasteiger partial charge is 0.251 e. The van der Waals surface area contributed by atoms with Gasteiger partial charge in [0.05, 0.1) is 6.54 Å². The quantitative estimate of drug-likeness (QED) is 0.845. The highest BCUT2D eigenvalue weighted by molar-refractivity contribution is 7.11. The number of benzene rings is 1. The Morgan fingerprint density at radius 3 is 3.05 bits per heavy atom. The van der Waals surface area contributed by atoms with Crippen molar-refractivity contribution in [3.05, 3.63) is 51.5 Å². The number of nitrogens with zero attached hydrogens (tertiary/aromatic N) is 1. The topological polar surface area (TPSA) is 62.2 Å². The monoisotopic (exact) mass is 286 g/mol. The molecule has 0 aliphatic rings. The van der Waals surface area contributed by atoms with Crippen molar-refractivity contribution in [2.75, 3.05) is 6.61 Å². The molecule has 20 heavy (non-hydrogen) atoms. The molecule has 2 rings (SSSR count). The maximum absolute atomic E-state index is 12.0. The summed E-state index contributed by atoms with van der Waals surface area (Å²) in [7, 11) is 0. The molecule has 1 heterocycles. The van der Waals surface area contributed by atoms with E-state index in [0.29, 0.717) is 17.7 Å². The Balaban J connectivity index is 2.01. The molecule has 5 heteroatoms. The molecule has 0 aliphatic carbocycles. The normalized spacial score (nSPS) is 9.70. The molecule has 0 radical (unpaired) electrons. The van der Waals surface area contributed by atoms with Crippen molar-refractivity contribution >= 4 is 17.2 Å². The molecule has 4 nitrogen and oxygen atoms in total. The van der Waals surface area contributed by atoms with Crippen molar-refractivity contribution in [3.8, 4) is 11.8 Å². The standard InChI is InChI=1S/C15H14N2O2S/c1-11-9-16-14(20-11)10-17-15(19)13-6-2-4-12(8-13)5-3-7-18/h2,4,6,8-9,18H,7,10H2,1H3,(H,17,19). The lowest BCUT2D eigenvalue weighted by atomic mass is 10.1. The maximum atomic E-state index is 12.0. The van der Waals surface area contributed by atoms with Crippen LogP contribution in [0.5, 0.6) is 0 Å². The zero-order valence-electron chi connectivity index (χ0n) is 11.0. The predicted octanol–water partition coefficient (Wildman–Crippen LogP) is 1.73. The van der Waals surface area contributed by atoms with E-state index in [1.807, 2.05) is 6.92 Å². The zero-order valence-corrected chi connectivity index (χ0v) is 11.8. The molecule has 0 saturated carbocycles. The molecule has 1 aromatic carbocycles. The van der Waals surface area contributed by atoms with Crippen LogP contribution < -0.4 is 5.32 Å². The van der Waals surface area contributed by atoms with Gasteiger partial charge < -0.3 is 10.4 Å². The summed E-state index contributed by atoms with van der Waals surface area (Å²) < 4.78 is 0. The number of amides is 1. The van der Waals surface area contributed by atoms with Crippen LogP contribution in [-0.2, 0) is 6.54 Å². The number of thiazole rings is 1. The first-order chi connectivity index (χ1) is 9.69. The van der Waals surface area contributed by atoms with Crippen molar-refractivity contribution in [1.29, 1.82) is 0 Å². The second-order valence-corrected chi connectivity index (χ2v) is 5.41. The van der Waals surface area contributed by atoms with Crippen LogP contribution in [-0.4, -0.2) is 22.6 Å². The summed E-state index contributed by atoms with van der Waals surface area (Å²) in [6, 6.07) is 6.99. The van der Waals surface area contributed by atoms with E-state index in [-0.39, 0.29) is 12.5 Å². The highest BCUT2D eigenvalue weighted by Gasteiger charge is 2.06. The first kappa shape index (κ1) is 14.3. The highest BCUT2D eigenvalue weighted by atomic mass is 32.1. The molecule has 0 atom stereocenters. The minimum Gasteiger partial charge on any atom is -0.384 e. The number of nitrogens with one attached hydrogen (secondary N) is 1. The van der Waals surface area contributed by atoms with Gasteiger partial charge in [0.25, 0.3) is 5.91 Å². The Bertz CT molecular complexity index is 668. The fraction of sp³-hybridized carbons (Fsp3) is 0.200. The Morgan fingerprint density at radius 1 is 1.50 bits per heavy atom. The molecule has 0 spiro atoms. The number of carbonyl (C=O) groups is 1. The third-order valence-corrected chi connectivity index (χ3v) is 3.42. The maximum Gasteiger partial charge on any atom is 0.251 e. The van der Waals surface area contributed by atoms with Crippen molar-refractivity contribution in [3.63, 3.8) is 0 Å². The summed E-state index contributed by atoms with van der Waals surface area (Å²) in [4.78, 5) is 17.3. The van der Waals surface area contributed by atoms with Gasteiger partial charge >= 0.3 is 0 Å².